The highest BCUT2D eigenvalue weighted by Gasteiger charge is 2.28. The molecule has 5 N–H and O–H groups in total. The zero-order chi connectivity index (χ0) is 41.5. The van der Waals surface area contributed by atoms with Crippen LogP contribution in [0.1, 0.15) is 88.4 Å². The first-order valence-corrected chi connectivity index (χ1v) is 22.6. The van der Waals surface area contributed by atoms with Crippen LogP contribution in [0.2, 0.25) is 10.0 Å². The van der Waals surface area contributed by atoms with E-state index < -0.39 is 49.4 Å². The Morgan fingerprint density at radius 1 is 0.800 bits per heavy atom. The number of allylic oxidation sites excluding steroid dienone is 1. The lowest BCUT2D eigenvalue weighted by atomic mass is 10.0. The molecule has 1 aromatic rings. The number of halogens is 2. The number of nitrogens with one attached hydrogen (secondary N) is 1. The van der Waals surface area contributed by atoms with Gasteiger partial charge in [-0.15, -0.1) is 0 Å². The number of hydrogen-bond donors (Lipinski definition) is 5. The number of ether oxygens (including phenoxy) is 1. The Kier molecular flexibility index (Phi) is 25.4. The van der Waals surface area contributed by atoms with Gasteiger partial charge >= 0.3 is 23.5 Å². The van der Waals surface area contributed by atoms with Gasteiger partial charge in [-0.1, -0.05) is 62.4 Å². The molecule has 0 saturated heterocycles. The fourth-order valence-electron chi connectivity index (χ4n) is 4.36. The first kappa shape index (κ1) is 51.5. The van der Waals surface area contributed by atoms with Crippen LogP contribution in [0, 0.1) is 5.92 Å². The number of aliphatic hydroxyl groups excluding tert-OH is 1. The molecule has 0 saturated carbocycles. The Balaban J connectivity index is 2.25. The summed E-state index contributed by atoms with van der Waals surface area (Å²) in [5.41, 5.74) is 0.566. The van der Waals surface area contributed by atoms with Crippen molar-refractivity contribution in [2.45, 2.75) is 78.1 Å². The van der Waals surface area contributed by atoms with Gasteiger partial charge in [0.2, 0.25) is 5.91 Å². The summed E-state index contributed by atoms with van der Waals surface area (Å²) in [6.07, 6.45) is 5.26. The lowest BCUT2D eigenvalue weighted by molar-refractivity contribution is -0.121. The first-order valence-electron chi connectivity index (χ1n) is 17.4. The molecule has 316 valence electrons. The van der Waals surface area contributed by atoms with Crippen LogP contribution in [0.3, 0.4) is 0 Å². The van der Waals surface area contributed by atoms with Crippen LogP contribution in [0.5, 0.6) is 5.75 Å². The molecule has 4 atom stereocenters. The molecule has 4 unspecified atom stereocenters. The Hall–Kier alpha value is -1.56. The van der Waals surface area contributed by atoms with Crippen LogP contribution >= 0.6 is 46.7 Å². The van der Waals surface area contributed by atoms with E-state index in [-0.39, 0.29) is 71.7 Å². The van der Waals surface area contributed by atoms with E-state index in [0.29, 0.717) is 57.1 Å². The standard InChI is InChI=1S/C32H52Cl2NO17P3/c1-4-24(2)32(39)28-14-15-29(31(34)30(28)33)46-22-27(38)13-9-7-8-12-26(20-36)21-50-53(40,41)48-18-19-49-55(44,45)52-23-51-54(42,43)47-17-11-6-5-10-16-35-25(3)37/h14-15,26,36H,2,4-13,16-23H2,1,3H3,(H,35,37)(H,40,41)(H,42,43)(H,44,45). The Labute approximate surface area is 330 Å². The topological polar surface area (TPSA) is 260 Å². The number of unbranched alkanes of at least 4 members (excludes halogenated alkanes) is 5. The van der Waals surface area contributed by atoms with Crippen molar-refractivity contribution in [2.75, 3.05) is 53.0 Å². The van der Waals surface area contributed by atoms with Crippen molar-refractivity contribution >= 4 is 64.1 Å². The molecule has 0 aliphatic heterocycles. The molecule has 0 aromatic heterocycles. The second-order valence-corrected chi connectivity index (χ2v) is 17.1. The van der Waals surface area contributed by atoms with Crippen molar-refractivity contribution < 1.29 is 79.7 Å². The molecule has 0 fully saturated rings. The number of benzene rings is 1. The van der Waals surface area contributed by atoms with E-state index in [1.54, 1.807) is 6.92 Å². The van der Waals surface area contributed by atoms with Gasteiger partial charge in [0, 0.05) is 38.0 Å². The number of rotatable bonds is 33. The van der Waals surface area contributed by atoms with Crippen molar-refractivity contribution in [1.82, 2.24) is 5.32 Å². The third-order valence-corrected chi connectivity index (χ3v) is 11.2. The third-order valence-electron chi connectivity index (χ3n) is 7.45. The van der Waals surface area contributed by atoms with Crippen LogP contribution in [-0.2, 0) is 50.4 Å². The molecular formula is C32H52Cl2NO17P3. The minimum Gasteiger partial charge on any atom is -0.484 e. The highest BCUT2D eigenvalue weighted by atomic mass is 35.5. The molecule has 0 radical (unpaired) electrons. The lowest BCUT2D eigenvalue weighted by Gasteiger charge is -2.18. The summed E-state index contributed by atoms with van der Waals surface area (Å²) in [5.74, 6) is -1.04. The smallest absolute Gasteiger partial charge is 0.474 e. The monoisotopic (exact) mass is 885 g/mol. The largest absolute Gasteiger partial charge is 0.484 e. The first-order chi connectivity index (χ1) is 25.8. The van der Waals surface area contributed by atoms with Gasteiger partial charge in [0.25, 0.3) is 0 Å². The van der Waals surface area contributed by atoms with Crippen LogP contribution in [0.25, 0.3) is 0 Å². The fraction of sp³-hybridized carbons (Fsp3) is 0.656. The maximum atomic E-state index is 12.4. The Bertz CT molecular complexity index is 1530. The molecule has 0 aliphatic carbocycles. The summed E-state index contributed by atoms with van der Waals surface area (Å²) in [6, 6.07) is 2.92. The lowest BCUT2D eigenvalue weighted by Crippen LogP contribution is -2.20. The minimum atomic E-state index is -4.83. The zero-order valence-corrected chi connectivity index (χ0v) is 35.1. The second kappa shape index (κ2) is 27.2. The number of carbonyl (C=O) groups excluding carboxylic acids is 3. The molecule has 55 heavy (non-hydrogen) atoms. The van der Waals surface area contributed by atoms with Gasteiger partial charge in [-0.05, 0) is 49.8 Å². The van der Waals surface area contributed by atoms with Gasteiger partial charge in [0.05, 0.1) is 31.5 Å². The summed E-state index contributed by atoms with van der Waals surface area (Å²) in [6.45, 7) is 3.78. The van der Waals surface area contributed by atoms with Crippen molar-refractivity contribution in [3.05, 3.63) is 39.9 Å². The van der Waals surface area contributed by atoms with Gasteiger partial charge < -0.3 is 29.8 Å². The Morgan fingerprint density at radius 3 is 1.98 bits per heavy atom. The van der Waals surface area contributed by atoms with Gasteiger partial charge in [-0.2, -0.15) is 0 Å². The van der Waals surface area contributed by atoms with Gasteiger partial charge in [-0.3, -0.25) is 41.5 Å². The highest BCUT2D eigenvalue weighted by molar-refractivity contribution is 7.48. The quantitative estimate of drug-likeness (QED) is 0.0162. The van der Waals surface area contributed by atoms with E-state index in [1.807, 2.05) is 0 Å². The minimum absolute atomic E-state index is 0.0105. The van der Waals surface area contributed by atoms with Crippen molar-refractivity contribution in [3.8, 4) is 5.75 Å². The summed E-state index contributed by atoms with van der Waals surface area (Å²) in [5, 5.41) is 12.3. The van der Waals surface area contributed by atoms with E-state index in [9.17, 15) is 47.9 Å². The number of phosphoric ester groups is 3. The van der Waals surface area contributed by atoms with E-state index >= 15 is 0 Å². The molecule has 1 aromatic carbocycles. The summed E-state index contributed by atoms with van der Waals surface area (Å²) >= 11 is 12.5. The number of ketones is 2. The van der Waals surface area contributed by atoms with E-state index in [4.69, 9.17) is 41.5 Å². The van der Waals surface area contributed by atoms with Gasteiger partial charge in [0.1, 0.15) is 17.4 Å². The Morgan fingerprint density at radius 2 is 1.38 bits per heavy atom. The number of carbonyl (C=O) groups is 3. The number of Topliss-reactive ketones (excluding diaryl/α,β-unsaturated/α-hetero) is 2. The van der Waals surface area contributed by atoms with Crippen molar-refractivity contribution in [1.29, 1.82) is 0 Å². The SMILES string of the molecule is C=C(CC)C(=O)c1ccc(OCC(=O)CCCCCC(CO)COP(=O)(O)OCCOP(=O)(O)OCOP(=O)(O)OCCCCCCNC(C)=O)c(Cl)c1Cl. The molecule has 0 spiro atoms. The van der Waals surface area contributed by atoms with Crippen LogP contribution in [0.15, 0.2) is 24.3 Å². The number of phosphoric acid groups is 3. The molecular weight excluding hydrogens is 834 g/mol. The molecule has 0 heterocycles. The molecule has 23 heteroatoms. The molecule has 0 bridgehead atoms. The molecule has 1 rings (SSSR count). The average molecular weight is 887 g/mol. The highest BCUT2D eigenvalue weighted by Crippen LogP contribution is 2.48. The van der Waals surface area contributed by atoms with Crippen LogP contribution < -0.4 is 10.1 Å². The third kappa shape index (κ3) is 23.4. The van der Waals surface area contributed by atoms with Crippen LogP contribution in [0.4, 0.5) is 0 Å². The zero-order valence-electron chi connectivity index (χ0n) is 30.9. The predicted molar refractivity (Wildman–Crippen MR) is 202 cm³/mol. The van der Waals surface area contributed by atoms with Crippen molar-refractivity contribution in [2.24, 2.45) is 5.92 Å². The molecule has 1 amide bonds. The average Bonchev–Trinajstić information content (AvgIpc) is 3.12. The van der Waals surface area contributed by atoms with Gasteiger partial charge in [-0.25, -0.2) is 13.7 Å². The predicted octanol–water partition coefficient (Wildman–Crippen LogP) is 6.70. The molecule has 18 nitrogen and oxygen atoms in total. The summed E-state index contributed by atoms with van der Waals surface area (Å²) < 4.78 is 69.4. The molecule has 0 aliphatic rings. The maximum Gasteiger partial charge on any atom is 0.474 e. The van der Waals surface area contributed by atoms with E-state index in [2.05, 4.69) is 25.5 Å². The second-order valence-electron chi connectivity index (χ2n) is 12.0. The van der Waals surface area contributed by atoms with E-state index in [1.165, 1.54) is 19.1 Å². The summed E-state index contributed by atoms with van der Waals surface area (Å²) in [4.78, 5) is 64.7. The van der Waals surface area contributed by atoms with Crippen LogP contribution in [-0.4, -0.2) is 90.2 Å². The number of aliphatic hydroxyl groups is 1. The number of hydrogen-bond acceptors (Lipinski definition) is 14. The van der Waals surface area contributed by atoms with Crippen molar-refractivity contribution in [3.63, 3.8) is 0 Å². The van der Waals surface area contributed by atoms with E-state index in [0.717, 1.165) is 12.8 Å². The maximum absolute atomic E-state index is 12.4. The summed E-state index contributed by atoms with van der Waals surface area (Å²) in [7, 11) is -14.1. The normalized spacial score (nSPS) is 15.3. The fourth-order valence-corrected chi connectivity index (χ4v) is 6.87. The number of amides is 1. The van der Waals surface area contributed by atoms with Gasteiger partial charge in [0.15, 0.2) is 18.4 Å².